The van der Waals surface area contributed by atoms with E-state index in [1.54, 1.807) is 24.3 Å². The molecule has 0 unspecified atom stereocenters. The van der Waals surface area contributed by atoms with E-state index in [9.17, 15) is 19.8 Å². The second-order valence-electron chi connectivity index (χ2n) is 4.57. The molecular formula is C16H14NNaO4. The van der Waals surface area contributed by atoms with Gasteiger partial charge in [0.05, 0.1) is 18.4 Å². The third-order valence-corrected chi connectivity index (χ3v) is 2.97. The number of hydrogen-bond acceptors (Lipinski definition) is 4. The third kappa shape index (κ3) is 5.18. The standard InChI is InChI=1S/C16H15NO4.Na/c18-13-8-6-12(7-9-13)15(16(20)21)17-14(19)10-11-4-2-1-3-5-11;/h1-9,15,18H,10H2,(H,17,19)(H,20,21);/q;+1/p-1/t15-;/m0./s1. The van der Waals surface area contributed by atoms with Gasteiger partial charge in [-0.05, 0) is 23.3 Å². The van der Waals surface area contributed by atoms with Crippen molar-refractivity contribution in [2.24, 2.45) is 0 Å². The largest absolute Gasteiger partial charge is 1.00 e. The number of rotatable bonds is 5. The first-order chi connectivity index (χ1) is 10.1. The number of carboxylic acids is 1. The van der Waals surface area contributed by atoms with Crippen LogP contribution in [0.3, 0.4) is 0 Å². The minimum absolute atomic E-state index is 0. The van der Waals surface area contributed by atoms with Gasteiger partial charge in [-0.25, -0.2) is 0 Å². The third-order valence-electron chi connectivity index (χ3n) is 2.97. The molecule has 1 amide bonds. The predicted molar refractivity (Wildman–Crippen MR) is 74.1 cm³/mol. The van der Waals surface area contributed by atoms with E-state index in [0.29, 0.717) is 5.56 Å². The van der Waals surface area contributed by atoms with Crippen molar-refractivity contribution in [1.29, 1.82) is 0 Å². The first kappa shape index (κ1) is 18.2. The predicted octanol–water partition coefficient (Wildman–Crippen LogP) is -2.45. The molecule has 0 radical (unpaired) electrons. The molecule has 0 bridgehead atoms. The number of phenolic OH excluding ortho intramolecular Hbond substituents is 1. The van der Waals surface area contributed by atoms with Gasteiger partial charge < -0.3 is 20.3 Å². The summed E-state index contributed by atoms with van der Waals surface area (Å²) < 4.78 is 0. The Bertz CT molecular complexity index is 628. The van der Waals surface area contributed by atoms with Crippen molar-refractivity contribution in [3.05, 3.63) is 65.7 Å². The molecule has 0 aliphatic heterocycles. The van der Waals surface area contributed by atoms with Gasteiger partial charge in [0, 0.05) is 0 Å². The molecule has 0 aliphatic rings. The maximum atomic E-state index is 11.9. The Morgan fingerprint density at radius 1 is 1.05 bits per heavy atom. The number of nitrogens with one attached hydrogen (secondary N) is 1. The Morgan fingerprint density at radius 2 is 1.64 bits per heavy atom. The minimum Gasteiger partial charge on any atom is -0.548 e. The van der Waals surface area contributed by atoms with E-state index in [0.717, 1.165) is 5.56 Å². The zero-order valence-electron chi connectivity index (χ0n) is 12.2. The van der Waals surface area contributed by atoms with Crippen LogP contribution in [0.15, 0.2) is 54.6 Å². The van der Waals surface area contributed by atoms with Crippen molar-refractivity contribution in [3.8, 4) is 5.75 Å². The van der Waals surface area contributed by atoms with Crippen LogP contribution in [0.2, 0.25) is 0 Å². The van der Waals surface area contributed by atoms with Gasteiger partial charge in [-0.2, -0.15) is 0 Å². The van der Waals surface area contributed by atoms with Crippen LogP contribution in [0.25, 0.3) is 0 Å². The van der Waals surface area contributed by atoms with Gasteiger partial charge in [0.2, 0.25) is 5.91 Å². The number of aromatic hydroxyl groups is 1. The van der Waals surface area contributed by atoms with Crippen molar-refractivity contribution in [3.63, 3.8) is 0 Å². The summed E-state index contributed by atoms with van der Waals surface area (Å²) in [4.78, 5) is 23.1. The SMILES string of the molecule is O=C(Cc1ccccc1)N[C@H](C(=O)[O-])c1ccc(O)cc1.[Na+]. The Kier molecular flexibility index (Phi) is 7.11. The van der Waals surface area contributed by atoms with E-state index >= 15 is 0 Å². The molecule has 22 heavy (non-hydrogen) atoms. The molecule has 5 nitrogen and oxygen atoms in total. The van der Waals surface area contributed by atoms with Crippen LogP contribution >= 0.6 is 0 Å². The topological polar surface area (TPSA) is 89.5 Å². The molecule has 108 valence electrons. The van der Waals surface area contributed by atoms with Crippen LogP contribution in [0.5, 0.6) is 5.75 Å². The van der Waals surface area contributed by atoms with Crippen molar-refractivity contribution in [2.75, 3.05) is 0 Å². The van der Waals surface area contributed by atoms with E-state index in [4.69, 9.17) is 0 Å². The summed E-state index contributed by atoms with van der Waals surface area (Å²) in [6, 6.07) is 13.3. The van der Waals surface area contributed by atoms with Crippen molar-refractivity contribution in [1.82, 2.24) is 5.32 Å². The fourth-order valence-corrected chi connectivity index (χ4v) is 1.94. The summed E-state index contributed by atoms with van der Waals surface area (Å²) in [5.74, 6) is -1.79. The second kappa shape index (κ2) is 8.58. The molecule has 2 aromatic carbocycles. The van der Waals surface area contributed by atoms with Gasteiger partial charge in [-0.15, -0.1) is 0 Å². The van der Waals surface area contributed by atoms with E-state index in [1.165, 1.54) is 24.3 Å². The second-order valence-corrected chi connectivity index (χ2v) is 4.57. The van der Waals surface area contributed by atoms with Crippen LogP contribution in [0.1, 0.15) is 17.2 Å². The Hall–Kier alpha value is -1.82. The van der Waals surface area contributed by atoms with Crippen LogP contribution in [-0.2, 0) is 16.0 Å². The molecule has 2 aromatic rings. The summed E-state index contributed by atoms with van der Waals surface area (Å²) in [6.07, 6.45) is 0.0860. The normalized spacial score (nSPS) is 11.1. The minimum atomic E-state index is -1.40. The van der Waals surface area contributed by atoms with Gasteiger partial charge in [-0.3, -0.25) is 4.79 Å². The Balaban J connectivity index is 0.00000242. The number of carbonyl (C=O) groups is 2. The molecule has 0 saturated heterocycles. The number of carboxylic acid groups (broad SMARTS) is 1. The average Bonchev–Trinajstić information content (AvgIpc) is 2.47. The number of hydrogen-bond donors (Lipinski definition) is 2. The van der Waals surface area contributed by atoms with Crippen molar-refractivity contribution in [2.45, 2.75) is 12.5 Å². The van der Waals surface area contributed by atoms with Crippen LogP contribution in [0, 0.1) is 0 Å². The Labute approximate surface area is 150 Å². The van der Waals surface area contributed by atoms with Crippen LogP contribution < -0.4 is 40.0 Å². The van der Waals surface area contributed by atoms with Gasteiger partial charge in [0.15, 0.2) is 0 Å². The molecule has 1 atom stereocenters. The number of carbonyl (C=O) groups excluding carboxylic acids is 2. The van der Waals surface area contributed by atoms with E-state index < -0.39 is 17.9 Å². The van der Waals surface area contributed by atoms with Crippen LogP contribution in [0.4, 0.5) is 0 Å². The number of benzene rings is 2. The zero-order valence-corrected chi connectivity index (χ0v) is 14.2. The summed E-state index contributed by atoms with van der Waals surface area (Å²) in [5.41, 5.74) is 1.13. The summed E-state index contributed by atoms with van der Waals surface area (Å²) >= 11 is 0. The van der Waals surface area contributed by atoms with E-state index in [1.807, 2.05) is 6.07 Å². The molecule has 0 spiro atoms. The first-order valence-electron chi connectivity index (χ1n) is 6.39. The fourth-order valence-electron chi connectivity index (χ4n) is 1.94. The van der Waals surface area contributed by atoms with E-state index in [2.05, 4.69) is 5.32 Å². The van der Waals surface area contributed by atoms with Crippen molar-refractivity contribution < 1.29 is 49.4 Å². The molecule has 0 saturated carbocycles. The van der Waals surface area contributed by atoms with Crippen molar-refractivity contribution >= 4 is 11.9 Å². The number of amides is 1. The summed E-state index contributed by atoms with van der Waals surface area (Å²) in [7, 11) is 0. The summed E-state index contributed by atoms with van der Waals surface area (Å²) in [5, 5.41) is 22.8. The first-order valence-corrected chi connectivity index (χ1v) is 6.39. The fraction of sp³-hybridized carbons (Fsp3) is 0.125. The molecule has 2 N–H and O–H groups in total. The maximum Gasteiger partial charge on any atom is 1.00 e. The van der Waals surface area contributed by atoms with Gasteiger partial charge in [-0.1, -0.05) is 42.5 Å². The number of phenols is 1. The van der Waals surface area contributed by atoms with Gasteiger partial charge >= 0.3 is 29.6 Å². The molecule has 0 heterocycles. The molecule has 6 heteroatoms. The maximum absolute atomic E-state index is 11.9. The average molecular weight is 307 g/mol. The van der Waals surface area contributed by atoms with E-state index in [-0.39, 0.29) is 41.7 Å². The molecular weight excluding hydrogens is 293 g/mol. The van der Waals surface area contributed by atoms with Gasteiger partial charge in [0.1, 0.15) is 5.75 Å². The quantitative estimate of drug-likeness (QED) is 0.600. The van der Waals surface area contributed by atoms with Gasteiger partial charge in [0.25, 0.3) is 0 Å². The molecule has 0 aromatic heterocycles. The molecule has 0 aliphatic carbocycles. The smallest absolute Gasteiger partial charge is 0.548 e. The summed E-state index contributed by atoms with van der Waals surface area (Å²) in [6.45, 7) is 0. The molecule has 0 fully saturated rings. The van der Waals surface area contributed by atoms with Crippen LogP contribution in [-0.4, -0.2) is 17.0 Å². The molecule has 2 rings (SSSR count). The zero-order chi connectivity index (χ0) is 15.2. The number of aliphatic carboxylic acids is 1. The monoisotopic (exact) mass is 307 g/mol. The Morgan fingerprint density at radius 3 is 2.18 bits per heavy atom.